The lowest BCUT2D eigenvalue weighted by Crippen LogP contribution is -2.13. The smallest absolute Gasteiger partial charge is 0.304 e. The van der Waals surface area contributed by atoms with Gasteiger partial charge in [0.25, 0.3) is 0 Å². The highest BCUT2D eigenvalue weighted by atomic mass is 79.9. The van der Waals surface area contributed by atoms with Crippen molar-refractivity contribution in [1.29, 1.82) is 0 Å². The van der Waals surface area contributed by atoms with Gasteiger partial charge in [0.05, 0.1) is 6.54 Å². The Kier molecular flexibility index (Phi) is 4.15. The van der Waals surface area contributed by atoms with Gasteiger partial charge in [0.2, 0.25) is 0 Å². The number of halogens is 1. The van der Waals surface area contributed by atoms with Gasteiger partial charge in [0.1, 0.15) is 4.99 Å². The minimum atomic E-state index is -0.0596. The topological polar surface area (TPSA) is 70.9 Å². The van der Waals surface area contributed by atoms with E-state index < -0.39 is 0 Å². The van der Waals surface area contributed by atoms with Gasteiger partial charge in [0.15, 0.2) is 0 Å². The number of hydrogen-bond donors (Lipinski definition) is 3. The zero-order valence-electron chi connectivity index (χ0n) is 9.20. The van der Waals surface area contributed by atoms with Gasteiger partial charge in [-0.3, -0.25) is 4.79 Å². The van der Waals surface area contributed by atoms with E-state index >= 15 is 0 Å². The summed E-state index contributed by atoms with van der Waals surface area (Å²) < 4.78 is 0.934. The lowest BCUT2D eigenvalue weighted by molar-refractivity contribution is 1.06. The zero-order valence-corrected chi connectivity index (χ0v) is 12.4. The van der Waals surface area contributed by atoms with Crippen molar-refractivity contribution in [1.82, 2.24) is 4.98 Å². The molecule has 0 saturated carbocycles. The highest BCUT2D eigenvalue weighted by molar-refractivity contribution is 9.10. The molecule has 0 aliphatic rings. The number of anilines is 1. The fourth-order valence-corrected chi connectivity index (χ4v) is 2.59. The maximum atomic E-state index is 11.0. The van der Waals surface area contributed by atoms with Crippen LogP contribution in [0, 0.1) is 0 Å². The van der Waals surface area contributed by atoms with E-state index in [2.05, 4.69) is 26.2 Å². The molecule has 18 heavy (non-hydrogen) atoms. The number of rotatable bonds is 4. The first-order chi connectivity index (χ1) is 8.56. The number of nitrogens with one attached hydrogen (secondary N) is 2. The third-order valence-electron chi connectivity index (χ3n) is 2.29. The van der Waals surface area contributed by atoms with Crippen molar-refractivity contribution in [2.75, 3.05) is 5.32 Å². The second-order valence-electron chi connectivity index (χ2n) is 3.58. The molecule has 0 amide bonds. The molecule has 0 saturated heterocycles. The van der Waals surface area contributed by atoms with Crippen LogP contribution >= 0.6 is 39.5 Å². The number of aromatic nitrogens is 1. The van der Waals surface area contributed by atoms with E-state index in [1.165, 1.54) is 0 Å². The summed E-state index contributed by atoms with van der Waals surface area (Å²) in [6, 6.07) is 5.64. The van der Waals surface area contributed by atoms with Gasteiger partial charge in [-0.05, 0) is 18.2 Å². The van der Waals surface area contributed by atoms with Crippen LogP contribution in [0.15, 0.2) is 32.8 Å². The Morgan fingerprint density at radius 3 is 2.94 bits per heavy atom. The molecular formula is C11H10BrN3OS2. The lowest BCUT2D eigenvalue weighted by Gasteiger charge is -2.10. The van der Waals surface area contributed by atoms with Gasteiger partial charge in [0, 0.05) is 26.8 Å². The quantitative estimate of drug-likeness (QED) is 0.745. The molecule has 7 heteroatoms. The van der Waals surface area contributed by atoms with E-state index in [9.17, 15) is 4.79 Å². The molecule has 1 aromatic heterocycles. The zero-order chi connectivity index (χ0) is 13.1. The summed E-state index contributed by atoms with van der Waals surface area (Å²) in [5.74, 6) is 0. The number of benzene rings is 1. The van der Waals surface area contributed by atoms with Crippen LogP contribution in [0.2, 0.25) is 0 Å². The van der Waals surface area contributed by atoms with Gasteiger partial charge in [-0.1, -0.05) is 39.5 Å². The summed E-state index contributed by atoms with van der Waals surface area (Å²) in [5.41, 5.74) is 8.11. The first kappa shape index (κ1) is 13.3. The minimum Gasteiger partial charge on any atom is -0.389 e. The fraction of sp³-hybridized carbons (Fsp3) is 0.0909. The van der Waals surface area contributed by atoms with Crippen molar-refractivity contribution >= 4 is 50.2 Å². The molecule has 4 N–H and O–H groups in total. The normalized spacial score (nSPS) is 10.3. The molecule has 0 aliphatic carbocycles. The summed E-state index contributed by atoms with van der Waals surface area (Å²) in [6.07, 6.45) is 0. The van der Waals surface area contributed by atoms with E-state index in [0.717, 1.165) is 32.8 Å². The molecule has 94 valence electrons. The molecular weight excluding hydrogens is 334 g/mol. The summed E-state index contributed by atoms with van der Waals surface area (Å²) in [5, 5.41) is 4.99. The van der Waals surface area contributed by atoms with Crippen molar-refractivity contribution in [3.05, 3.63) is 49.0 Å². The van der Waals surface area contributed by atoms with E-state index in [-0.39, 0.29) is 4.87 Å². The van der Waals surface area contributed by atoms with Crippen molar-refractivity contribution in [2.45, 2.75) is 6.54 Å². The number of H-pyrrole nitrogens is 1. The Hall–Kier alpha value is -1.18. The molecule has 2 rings (SSSR count). The Morgan fingerprint density at radius 2 is 2.33 bits per heavy atom. The summed E-state index contributed by atoms with van der Waals surface area (Å²) in [7, 11) is 0. The Bertz CT molecular complexity index is 635. The minimum absolute atomic E-state index is 0.0596. The monoisotopic (exact) mass is 343 g/mol. The van der Waals surface area contributed by atoms with Gasteiger partial charge >= 0.3 is 4.87 Å². The van der Waals surface area contributed by atoms with Crippen LogP contribution in [-0.4, -0.2) is 9.97 Å². The van der Waals surface area contributed by atoms with Crippen LogP contribution in [0.1, 0.15) is 11.3 Å². The molecule has 0 atom stereocenters. The van der Waals surface area contributed by atoms with E-state index in [1.54, 1.807) is 5.38 Å². The summed E-state index contributed by atoms with van der Waals surface area (Å²) in [6.45, 7) is 0.519. The molecule has 0 aliphatic heterocycles. The molecule has 1 aromatic carbocycles. The molecule has 0 radical (unpaired) electrons. The Labute approximate surface area is 121 Å². The number of aromatic amines is 1. The molecule has 4 nitrogen and oxygen atoms in total. The van der Waals surface area contributed by atoms with Crippen molar-refractivity contribution in [3.8, 4) is 0 Å². The summed E-state index contributed by atoms with van der Waals surface area (Å²) >= 11 is 9.53. The number of thiocarbonyl (C=S) groups is 1. The number of nitrogens with two attached hydrogens (primary N) is 1. The van der Waals surface area contributed by atoms with Gasteiger partial charge in [-0.2, -0.15) is 0 Å². The molecule has 0 fully saturated rings. The number of thiazole rings is 1. The standard InChI is InChI=1S/C11H10BrN3OS2/c12-6-1-2-8(10(13)17)9(3-6)14-4-7-5-18-11(16)15-7/h1-3,5,14H,4H2,(H2,13,17)(H,15,16). The second kappa shape index (κ2) is 5.64. The van der Waals surface area contributed by atoms with Crippen LogP contribution in [-0.2, 0) is 6.54 Å². The predicted octanol–water partition coefficient (Wildman–Crippen LogP) is 2.45. The van der Waals surface area contributed by atoms with Gasteiger partial charge in [-0.25, -0.2) is 0 Å². The van der Waals surface area contributed by atoms with Gasteiger partial charge < -0.3 is 16.0 Å². The molecule has 1 heterocycles. The Morgan fingerprint density at radius 1 is 1.56 bits per heavy atom. The second-order valence-corrected chi connectivity index (χ2v) is 5.78. The van der Waals surface area contributed by atoms with E-state index in [4.69, 9.17) is 18.0 Å². The Balaban J connectivity index is 2.20. The van der Waals surface area contributed by atoms with Crippen LogP contribution in [0.3, 0.4) is 0 Å². The van der Waals surface area contributed by atoms with E-state index in [0.29, 0.717) is 11.5 Å². The fourth-order valence-electron chi connectivity index (χ4n) is 1.47. The lowest BCUT2D eigenvalue weighted by atomic mass is 10.2. The molecule has 0 spiro atoms. The van der Waals surface area contributed by atoms with Crippen LogP contribution in [0.4, 0.5) is 5.69 Å². The molecule has 2 aromatic rings. The SMILES string of the molecule is NC(=S)c1ccc(Br)cc1NCc1csc(=O)[nH]1. The van der Waals surface area contributed by atoms with Crippen LogP contribution < -0.4 is 15.9 Å². The first-order valence-corrected chi connectivity index (χ1v) is 7.14. The van der Waals surface area contributed by atoms with Crippen LogP contribution in [0.5, 0.6) is 0 Å². The summed E-state index contributed by atoms with van der Waals surface area (Å²) in [4.78, 5) is 14.0. The maximum absolute atomic E-state index is 11.0. The molecule has 0 unspecified atom stereocenters. The largest absolute Gasteiger partial charge is 0.389 e. The highest BCUT2D eigenvalue weighted by Crippen LogP contribution is 2.22. The predicted molar refractivity (Wildman–Crippen MR) is 82.3 cm³/mol. The highest BCUT2D eigenvalue weighted by Gasteiger charge is 2.06. The van der Waals surface area contributed by atoms with Crippen molar-refractivity contribution in [3.63, 3.8) is 0 Å². The first-order valence-electron chi connectivity index (χ1n) is 5.06. The molecule has 0 bridgehead atoms. The van der Waals surface area contributed by atoms with Gasteiger partial charge in [-0.15, -0.1) is 0 Å². The van der Waals surface area contributed by atoms with Crippen molar-refractivity contribution in [2.24, 2.45) is 5.73 Å². The average Bonchev–Trinajstić information content (AvgIpc) is 2.72. The van der Waals surface area contributed by atoms with Crippen molar-refractivity contribution < 1.29 is 0 Å². The third kappa shape index (κ3) is 3.18. The third-order valence-corrected chi connectivity index (χ3v) is 3.72. The average molecular weight is 344 g/mol. The van der Waals surface area contributed by atoms with E-state index in [1.807, 2.05) is 18.2 Å². The maximum Gasteiger partial charge on any atom is 0.304 e. The number of hydrogen-bond acceptors (Lipinski definition) is 4. The van der Waals surface area contributed by atoms with Crippen LogP contribution in [0.25, 0.3) is 0 Å².